The van der Waals surface area contributed by atoms with Gasteiger partial charge in [-0.25, -0.2) is 15.0 Å². The quantitative estimate of drug-likeness (QED) is 0.390. The maximum atomic E-state index is 9.33. The lowest BCUT2D eigenvalue weighted by atomic mass is 10.1. The number of rotatable bonds is 4. The number of anilines is 1. The van der Waals surface area contributed by atoms with Crippen LogP contribution < -0.4 is 5.32 Å². The van der Waals surface area contributed by atoms with Gasteiger partial charge in [-0.05, 0) is 42.0 Å². The lowest BCUT2D eigenvalue weighted by Crippen LogP contribution is -2.16. The Kier molecular flexibility index (Phi) is 6.88. The van der Waals surface area contributed by atoms with Gasteiger partial charge in [0.2, 0.25) is 7.59 Å². The first-order chi connectivity index (χ1) is 13.5. The lowest BCUT2D eigenvalue weighted by Gasteiger charge is -2.15. The molecule has 0 saturated heterocycles. The fraction of sp³-hybridized carbons (Fsp3) is 0.167. The normalized spacial score (nSPS) is 12.1. The number of hydrogen-bond acceptors (Lipinski definition) is 5. The SMILES string of the molecule is Oc1ccc(CNc2ccc(-c3nc(C(Cl)(Cl)Cl)nc(C(Cl)(Cl)Cl)n3)cc2)cc1. The number of phenolic OH excluding ortho intramolecular Hbond substituents is 1. The molecular weight excluding hydrogens is 501 g/mol. The number of aromatic nitrogens is 3. The molecule has 0 amide bonds. The topological polar surface area (TPSA) is 70.9 Å². The molecule has 1 aromatic heterocycles. The molecule has 0 bridgehead atoms. The van der Waals surface area contributed by atoms with Crippen LogP contribution in [0.5, 0.6) is 5.75 Å². The summed E-state index contributed by atoms with van der Waals surface area (Å²) in [5, 5.41) is 12.6. The second-order valence-electron chi connectivity index (χ2n) is 5.90. The molecule has 0 spiro atoms. The van der Waals surface area contributed by atoms with Crippen LogP contribution in [-0.4, -0.2) is 20.1 Å². The number of nitrogens with one attached hydrogen (secondary N) is 1. The highest BCUT2D eigenvalue weighted by Gasteiger charge is 2.34. The second kappa shape index (κ2) is 8.88. The van der Waals surface area contributed by atoms with Crippen molar-refractivity contribution in [3.63, 3.8) is 0 Å². The zero-order chi connectivity index (χ0) is 21.2. The molecule has 0 saturated carbocycles. The summed E-state index contributed by atoms with van der Waals surface area (Å²) in [6.45, 7) is 0.584. The predicted molar refractivity (Wildman–Crippen MR) is 119 cm³/mol. The van der Waals surface area contributed by atoms with E-state index in [1.807, 2.05) is 24.3 Å². The van der Waals surface area contributed by atoms with Crippen molar-refractivity contribution in [1.82, 2.24) is 15.0 Å². The summed E-state index contributed by atoms with van der Waals surface area (Å²) in [6, 6.07) is 14.2. The van der Waals surface area contributed by atoms with Crippen molar-refractivity contribution in [2.75, 3.05) is 5.32 Å². The van der Waals surface area contributed by atoms with Crippen LogP contribution in [0.3, 0.4) is 0 Å². The summed E-state index contributed by atoms with van der Waals surface area (Å²) in [6.07, 6.45) is 0. The Morgan fingerprint density at radius 3 is 1.72 bits per heavy atom. The molecule has 2 N–H and O–H groups in total. The van der Waals surface area contributed by atoms with Crippen molar-refractivity contribution in [3.8, 4) is 17.1 Å². The van der Waals surface area contributed by atoms with Crippen molar-refractivity contribution in [2.45, 2.75) is 14.1 Å². The summed E-state index contributed by atoms with van der Waals surface area (Å²) < 4.78 is -3.82. The number of aromatic hydroxyl groups is 1. The highest BCUT2D eigenvalue weighted by Crippen LogP contribution is 2.40. The zero-order valence-electron chi connectivity index (χ0n) is 14.4. The molecule has 3 rings (SSSR count). The van der Waals surface area contributed by atoms with Crippen LogP contribution in [0.1, 0.15) is 17.2 Å². The van der Waals surface area contributed by atoms with Crippen molar-refractivity contribution in [1.29, 1.82) is 0 Å². The maximum Gasteiger partial charge on any atom is 0.250 e. The minimum atomic E-state index is -1.91. The third-order valence-corrected chi connectivity index (χ3v) is 4.73. The van der Waals surface area contributed by atoms with Crippen LogP contribution >= 0.6 is 69.6 Å². The summed E-state index contributed by atoms with van der Waals surface area (Å²) in [5.41, 5.74) is 2.50. The molecule has 5 nitrogen and oxygen atoms in total. The molecule has 152 valence electrons. The molecule has 0 atom stereocenters. The highest BCUT2D eigenvalue weighted by atomic mass is 35.6. The zero-order valence-corrected chi connectivity index (χ0v) is 18.9. The van der Waals surface area contributed by atoms with Gasteiger partial charge in [-0.3, -0.25) is 0 Å². The molecule has 1 heterocycles. The Hall–Kier alpha value is -1.21. The van der Waals surface area contributed by atoms with Gasteiger partial charge in [-0.1, -0.05) is 81.7 Å². The summed E-state index contributed by atoms with van der Waals surface area (Å²) in [7, 11) is 0. The Bertz CT molecular complexity index is 953. The lowest BCUT2D eigenvalue weighted by molar-refractivity contribution is 0.475. The van der Waals surface area contributed by atoms with Gasteiger partial charge in [0.1, 0.15) is 5.75 Å². The maximum absolute atomic E-state index is 9.33. The summed E-state index contributed by atoms with van der Waals surface area (Å²) >= 11 is 35.4. The van der Waals surface area contributed by atoms with Crippen LogP contribution in [0.25, 0.3) is 11.4 Å². The van der Waals surface area contributed by atoms with Crippen LogP contribution in [0.4, 0.5) is 5.69 Å². The van der Waals surface area contributed by atoms with Gasteiger partial charge in [0.25, 0.3) is 0 Å². The molecule has 2 aromatic carbocycles. The van der Waals surface area contributed by atoms with E-state index in [0.29, 0.717) is 12.1 Å². The van der Waals surface area contributed by atoms with E-state index in [0.717, 1.165) is 11.3 Å². The molecule has 3 aromatic rings. The number of alkyl halides is 6. The van der Waals surface area contributed by atoms with Gasteiger partial charge in [0.15, 0.2) is 17.5 Å². The van der Waals surface area contributed by atoms with Gasteiger partial charge in [-0.2, -0.15) is 0 Å². The molecule has 0 aliphatic heterocycles. The van der Waals surface area contributed by atoms with Gasteiger partial charge in [-0.15, -0.1) is 0 Å². The molecule has 11 heteroatoms. The fourth-order valence-electron chi connectivity index (χ4n) is 2.31. The van der Waals surface area contributed by atoms with E-state index in [1.54, 1.807) is 24.3 Å². The van der Waals surface area contributed by atoms with Gasteiger partial charge >= 0.3 is 0 Å². The largest absolute Gasteiger partial charge is 0.508 e. The monoisotopic (exact) mass is 510 g/mol. The molecular formula is C18H12Cl6N4O. The summed E-state index contributed by atoms with van der Waals surface area (Å²) in [5.74, 6) is 0.123. The third-order valence-electron chi connectivity index (χ3n) is 3.72. The molecule has 0 radical (unpaired) electrons. The molecule has 0 unspecified atom stereocenters. The van der Waals surface area contributed by atoms with E-state index < -0.39 is 7.59 Å². The molecule has 0 fully saturated rings. The standard InChI is InChI=1S/C18H12Cl6N4O/c19-17(20,21)15-26-14(27-16(28-15)18(22,23)24)11-3-5-12(6-4-11)25-9-10-1-7-13(29)8-2-10/h1-8,25,29H,9H2. The van der Waals surface area contributed by atoms with Crippen molar-refractivity contribution >= 4 is 75.3 Å². The third kappa shape index (κ3) is 6.14. The van der Waals surface area contributed by atoms with Crippen molar-refractivity contribution in [3.05, 3.63) is 65.7 Å². The van der Waals surface area contributed by atoms with E-state index >= 15 is 0 Å². The highest BCUT2D eigenvalue weighted by molar-refractivity contribution is 6.67. The first-order valence-corrected chi connectivity index (χ1v) is 10.3. The fourth-order valence-corrected chi connectivity index (χ4v) is 2.82. The average molecular weight is 513 g/mol. The second-order valence-corrected chi connectivity index (χ2v) is 10.5. The smallest absolute Gasteiger partial charge is 0.250 e. The Labute approximate surface area is 196 Å². The predicted octanol–water partition coefficient (Wildman–Crippen LogP) is 6.51. The number of halogens is 6. The Morgan fingerprint density at radius 2 is 1.24 bits per heavy atom. The Morgan fingerprint density at radius 1 is 0.724 bits per heavy atom. The van der Waals surface area contributed by atoms with E-state index in [4.69, 9.17) is 69.6 Å². The van der Waals surface area contributed by atoms with E-state index in [9.17, 15) is 5.11 Å². The van der Waals surface area contributed by atoms with Gasteiger partial charge in [0.05, 0.1) is 0 Å². The number of benzene rings is 2. The summed E-state index contributed by atoms with van der Waals surface area (Å²) in [4.78, 5) is 12.3. The van der Waals surface area contributed by atoms with Gasteiger partial charge in [0, 0.05) is 17.8 Å². The minimum Gasteiger partial charge on any atom is -0.508 e. The number of nitrogens with zero attached hydrogens (tertiary/aromatic N) is 3. The van der Waals surface area contributed by atoms with Crippen LogP contribution in [-0.2, 0) is 14.1 Å². The molecule has 0 aliphatic rings. The van der Waals surface area contributed by atoms with E-state index in [-0.39, 0.29) is 23.2 Å². The van der Waals surface area contributed by atoms with Crippen molar-refractivity contribution in [2.24, 2.45) is 0 Å². The van der Waals surface area contributed by atoms with E-state index in [2.05, 4.69) is 20.3 Å². The first-order valence-electron chi connectivity index (χ1n) is 8.05. The Balaban J connectivity index is 1.84. The van der Waals surface area contributed by atoms with Crippen molar-refractivity contribution < 1.29 is 5.11 Å². The number of phenols is 1. The van der Waals surface area contributed by atoms with Crippen LogP contribution in [0.2, 0.25) is 0 Å². The van der Waals surface area contributed by atoms with Crippen LogP contribution in [0, 0.1) is 0 Å². The van der Waals surface area contributed by atoms with Gasteiger partial charge < -0.3 is 10.4 Å². The molecule has 29 heavy (non-hydrogen) atoms. The minimum absolute atomic E-state index is 0.150. The first kappa shape index (κ1) is 22.5. The average Bonchev–Trinajstić information content (AvgIpc) is 2.66. The molecule has 0 aliphatic carbocycles. The van der Waals surface area contributed by atoms with E-state index in [1.165, 1.54) is 0 Å². The van der Waals surface area contributed by atoms with Crippen LogP contribution in [0.15, 0.2) is 48.5 Å². The number of hydrogen-bond donors (Lipinski definition) is 2.